The fourth-order valence-corrected chi connectivity index (χ4v) is 4.02. The van der Waals surface area contributed by atoms with Gasteiger partial charge in [-0.2, -0.15) is 0 Å². The van der Waals surface area contributed by atoms with Gasteiger partial charge in [-0.25, -0.2) is 0 Å². The first-order valence-electron chi connectivity index (χ1n) is 6.91. The van der Waals surface area contributed by atoms with Gasteiger partial charge in [0.1, 0.15) is 17.5 Å². The molecule has 0 unspecified atom stereocenters. The molecule has 0 spiro atoms. The molecule has 3 N–H and O–H groups in total. The maximum absolute atomic E-state index is 12.1. The second-order valence-electron chi connectivity index (χ2n) is 5.99. The predicted octanol–water partition coefficient (Wildman–Crippen LogP) is 1.04. The number of nitrogens with two attached hydrogens (primary N) is 1. The Morgan fingerprint density at radius 2 is 2.29 bits per heavy atom. The van der Waals surface area contributed by atoms with Crippen LogP contribution in [-0.4, -0.2) is 40.1 Å². The molecule has 1 saturated heterocycles. The number of carbonyl (C=O) groups excluding carboxylic acids is 2. The van der Waals surface area contributed by atoms with Crippen molar-refractivity contribution >= 4 is 23.2 Å². The molecule has 0 bridgehead atoms. The molecule has 0 aliphatic carbocycles. The highest BCUT2D eigenvalue weighted by Gasteiger charge is 2.48. The van der Waals surface area contributed by atoms with E-state index in [-0.39, 0.29) is 5.91 Å². The van der Waals surface area contributed by atoms with E-state index in [4.69, 9.17) is 10.5 Å². The number of fused-ring (bicyclic) bond motifs is 1. The largest absolute Gasteiger partial charge is 0.484 e. The first-order valence-corrected chi connectivity index (χ1v) is 7.73. The lowest BCUT2D eigenvalue weighted by Crippen LogP contribution is -2.53. The minimum atomic E-state index is -0.855. The molecule has 21 heavy (non-hydrogen) atoms. The maximum atomic E-state index is 12.1. The van der Waals surface area contributed by atoms with E-state index >= 15 is 0 Å². The average molecular weight is 310 g/mol. The molecule has 0 saturated carbocycles. The topological polar surface area (TPSA) is 92.9 Å². The number of rotatable bonds is 2. The normalized spacial score (nSPS) is 27.4. The summed E-state index contributed by atoms with van der Waals surface area (Å²) in [4.78, 5) is 26.2. The van der Waals surface area contributed by atoms with Crippen molar-refractivity contribution in [3.8, 4) is 5.75 Å². The second kappa shape index (κ2) is 4.71. The van der Waals surface area contributed by atoms with Crippen LogP contribution in [0.2, 0.25) is 0 Å². The quantitative estimate of drug-likeness (QED) is 0.853. The number of amides is 2. The Kier molecular flexibility index (Phi) is 3.22. The lowest BCUT2D eigenvalue weighted by molar-refractivity contribution is -0.139. The van der Waals surface area contributed by atoms with Gasteiger partial charge in [0.25, 0.3) is 5.91 Å². The molecule has 3 rings (SSSR count). The van der Waals surface area contributed by atoms with Gasteiger partial charge in [0, 0.05) is 19.0 Å². The van der Waals surface area contributed by atoms with Crippen LogP contribution in [0.5, 0.6) is 5.75 Å². The molecule has 1 aromatic rings. The summed E-state index contributed by atoms with van der Waals surface area (Å²) in [6, 6.07) is 1.13. The number of aliphatic hydroxyl groups is 1. The van der Waals surface area contributed by atoms with Gasteiger partial charge >= 0.3 is 0 Å². The minimum absolute atomic E-state index is 0.0247. The van der Waals surface area contributed by atoms with Crippen LogP contribution in [0.15, 0.2) is 6.07 Å². The predicted molar refractivity (Wildman–Crippen MR) is 77.2 cm³/mol. The molecule has 6 nitrogen and oxygen atoms in total. The Morgan fingerprint density at radius 3 is 2.86 bits per heavy atom. The summed E-state index contributed by atoms with van der Waals surface area (Å²) >= 11 is 1.19. The lowest BCUT2D eigenvalue weighted by Gasteiger charge is -2.43. The molecule has 7 heteroatoms. The summed E-state index contributed by atoms with van der Waals surface area (Å²) in [6.45, 7) is 4.16. The van der Waals surface area contributed by atoms with E-state index in [2.05, 4.69) is 0 Å². The molecule has 114 valence electrons. The van der Waals surface area contributed by atoms with E-state index in [1.165, 1.54) is 11.3 Å². The third kappa shape index (κ3) is 2.20. The molecule has 2 aliphatic rings. The van der Waals surface area contributed by atoms with Gasteiger partial charge in [0.15, 0.2) is 0 Å². The monoisotopic (exact) mass is 310 g/mol. The van der Waals surface area contributed by atoms with Crippen molar-refractivity contribution in [3.05, 3.63) is 15.8 Å². The molecule has 2 atom stereocenters. The molecule has 3 heterocycles. The van der Waals surface area contributed by atoms with E-state index in [9.17, 15) is 14.7 Å². The Morgan fingerprint density at radius 1 is 1.57 bits per heavy atom. The Labute approximate surface area is 126 Å². The van der Waals surface area contributed by atoms with Crippen LogP contribution >= 0.6 is 11.3 Å². The zero-order valence-electron chi connectivity index (χ0n) is 12.0. The van der Waals surface area contributed by atoms with Crippen molar-refractivity contribution in [1.82, 2.24) is 4.90 Å². The van der Waals surface area contributed by atoms with Crippen molar-refractivity contribution in [2.75, 3.05) is 6.54 Å². The van der Waals surface area contributed by atoms with E-state index in [0.717, 1.165) is 6.42 Å². The van der Waals surface area contributed by atoms with E-state index in [1.54, 1.807) is 24.8 Å². The van der Waals surface area contributed by atoms with Crippen molar-refractivity contribution < 1.29 is 19.4 Å². The van der Waals surface area contributed by atoms with Crippen LogP contribution in [0.3, 0.4) is 0 Å². The molecule has 2 aliphatic heterocycles. The number of hydrogen-bond acceptors (Lipinski definition) is 5. The smallest absolute Gasteiger partial charge is 0.258 e. The molecule has 1 aromatic heterocycles. The van der Waals surface area contributed by atoms with Crippen LogP contribution in [0.1, 0.15) is 47.3 Å². The van der Waals surface area contributed by atoms with Crippen molar-refractivity contribution in [2.24, 2.45) is 5.73 Å². The summed E-state index contributed by atoms with van der Waals surface area (Å²) in [5, 5.41) is 10.6. The summed E-state index contributed by atoms with van der Waals surface area (Å²) in [6.07, 6.45) is 0.423. The van der Waals surface area contributed by atoms with Gasteiger partial charge in [-0.3, -0.25) is 9.59 Å². The van der Waals surface area contributed by atoms with Crippen molar-refractivity contribution in [1.29, 1.82) is 0 Å². The highest BCUT2D eigenvalue weighted by atomic mass is 32.1. The summed E-state index contributed by atoms with van der Waals surface area (Å²) < 4.78 is 5.80. The van der Waals surface area contributed by atoms with Gasteiger partial charge in [-0.05, 0) is 20.3 Å². The van der Waals surface area contributed by atoms with Crippen LogP contribution in [0.4, 0.5) is 0 Å². The van der Waals surface area contributed by atoms with Crippen molar-refractivity contribution in [2.45, 2.75) is 44.4 Å². The van der Waals surface area contributed by atoms with Gasteiger partial charge in [-0.1, -0.05) is 0 Å². The van der Waals surface area contributed by atoms with E-state index < -0.39 is 23.7 Å². The first kappa shape index (κ1) is 14.3. The SMILES string of the molecule is CC1(C)Oc2cc(C(N)=O)sc2[C@H](N2CCCC2=O)[C@H]1O. The molecule has 2 amide bonds. The molecule has 1 fully saturated rings. The van der Waals surface area contributed by atoms with E-state index in [1.807, 2.05) is 0 Å². The average Bonchev–Trinajstić information content (AvgIpc) is 2.97. The Balaban J connectivity index is 2.09. The standard InChI is InChI=1S/C14H18N2O4S/c1-14(2)12(18)10(16-5-3-4-9(16)17)11-7(20-14)6-8(21-11)13(15)19/h6,10,12,18H,3-5H2,1-2H3,(H2,15,19)/t10-,12+/m0/s1. The van der Waals surface area contributed by atoms with Crippen LogP contribution < -0.4 is 10.5 Å². The van der Waals surface area contributed by atoms with Gasteiger partial charge in [-0.15, -0.1) is 11.3 Å². The number of primary amides is 1. The number of likely N-dealkylation sites (tertiary alicyclic amines) is 1. The Hall–Kier alpha value is -1.60. The fraction of sp³-hybridized carbons (Fsp3) is 0.571. The highest BCUT2D eigenvalue weighted by Crippen LogP contribution is 2.48. The molecular weight excluding hydrogens is 292 g/mol. The number of ether oxygens (including phenoxy) is 1. The number of nitrogens with zero attached hydrogens (tertiary/aromatic N) is 1. The second-order valence-corrected chi connectivity index (χ2v) is 7.07. The zero-order chi connectivity index (χ0) is 15.4. The first-order chi connectivity index (χ1) is 9.81. The van der Waals surface area contributed by atoms with Crippen LogP contribution in [0, 0.1) is 0 Å². The summed E-state index contributed by atoms with van der Waals surface area (Å²) in [5.74, 6) is 0.0299. The van der Waals surface area contributed by atoms with Gasteiger partial charge in [0.05, 0.1) is 15.8 Å². The lowest BCUT2D eigenvalue weighted by atomic mass is 9.90. The molecule has 0 radical (unpaired) electrons. The number of aliphatic hydroxyl groups excluding tert-OH is 1. The van der Waals surface area contributed by atoms with Gasteiger partial charge < -0.3 is 20.5 Å². The third-order valence-electron chi connectivity index (χ3n) is 4.07. The summed E-state index contributed by atoms with van der Waals surface area (Å²) in [7, 11) is 0. The van der Waals surface area contributed by atoms with Gasteiger partial charge in [0.2, 0.25) is 5.91 Å². The summed E-state index contributed by atoms with van der Waals surface area (Å²) in [5.41, 5.74) is 4.49. The molecular formula is C14H18N2O4S. The maximum Gasteiger partial charge on any atom is 0.258 e. The van der Waals surface area contributed by atoms with E-state index in [0.29, 0.717) is 28.5 Å². The van der Waals surface area contributed by atoms with Crippen molar-refractivity contribution in [3.63, 3.8) is 0 Å². The highest BCUT2D eigenvalue weighted by molar-refractivity contribution is 7.14. The minimum Gasteiger partial charge on any atom is -0.484 e. The van der Waals surface area contributed by atoms with Crippen LogP contribution in [0.25, 0.3) is 0 Å². The van der Waals surface area contributed by atoms with Crippen LogP contribution in [-0.2, 0) is 4.79 Å². The fourth-order valence-electron chi connectivity index (χ4n) is 2.94. The Bertz CT molecular complexity index is 610. The zero-order valence-corrected chi connectivity index (χ0v) is 12.8. The third-order valence-corrected chi connectivity index (χ3v) is 5.27. The number of hydrogen-bond donors (Lipinski definition) is 2. The number of carbonyl (C=O) groups is 2. The molecule has 0 aromatic carbocycles. The number of thiophene rings is 1.